The highest BCUT2D eigenvalue weighted by Gasteiger charge is 2.39. The molecule has 16 heteroatoms. The second kappa shape index (κ2) is 10.6. The van der Waals surface area contributed by atoms with Crippen molar-refractivity contribution >= 4 is 50.5 Å². The first-order chi connectivity index (χ1) is 16.7. The molecule has 196 valence electrons. The van der Waals surface area contributed by atoms with E-state index in [4.69, 9.17) is 27.6 Å². The van der Waals surface area contributed by atoms with Gasteiger partial charge in [-0.05, 0) is 26.8 Å². The van der Waals surface area contributed by atoms with Crippen molar-refractivity contribution in [3.8, 4) is 21.3 Å². The molecule has 1 amide bonds. The first kappa shape index (κ1) is 28.3. The highest BCUT2D eigenvalue weighted by atomic mass is 35.5. The van der Waals surface area contributed by atoms with E-state index < -0.39 is 38.1 Å². The molecule has 9 nitrogen and oxygen atoms in total. The zero-order valence-corrected chi connectivity index (χ0v) is 22.4. The number of halogens is 5. The fourth-order valence-corrected chi connectivity index (χ4v) is 6.22. The molecule has 1 N–H and O–H groups in total. The molecule has 1 unspecified atom stereocenters. The number of nitrogens with one attached hydrogen (secondary N) is 1. The van der Waals surface area contributed by atoms with Crippen molar-refractivity contribution in [3.05, 3.63) is 33.8 Å². The molecule has 2 heterocycles. The minimum Gasteiger partial charge on any atom is -0.419 e. The summed E-state index contributed by atoms with van der Waals surface area (Å²) < 4.78 is 70.8. The van der Waals surface area contributed by atoms with Gasteiger partial charge in [-0.1, -0.05) is 29.3 Å². The van der Waals surface area contributed by atoms with Crippen molar-refractivity contribution in [2.45, 2.75) is 44.8 Å². The van der Waals surface area contributed by atoms with E-state index >= 15 is 0 Å². The smallest absolute Gasteiger partial charge is 0.404 e. The lowest BCUT2D eigenvalue weighted by molar-refractivity contribution is -0.147. The molecular weight excluding hydrogens is 566 g/mol. The maximum atomic E-state index is 13.2. The fraction of sp³-hybridized carbons (Fsp3) is 0.400. The summed E-state index contributed by atoms with van der Waals surface area (Å²) in [5.74, 6) is -0.100. The van der Waals surface area contributed by atoms with E-state index in [0.29, 0.717) is 20.0 Å². The molecule has 1 aromatic carbocycles. The Balaban J connectivity index is 2.15. The van der Waals surface area contributed by atoms with Gasteiger partial charge in [0.1, 0.15) is 16.6 Å². The van der Waals surface area contributed by atoms with Crippen molar-refractivity contribution in [2.24, 2.45) is 0 Å². The van der Waals surface area contributed by atoms with Crippen molar-refractivity contribution < 1.29 is 30.8 Å². The van der Waals surface area contributed by atoms with Crippen LogP contribution >= 0.6 is 34.5 Å². The van der Waals surface area contributed by atoms with Gasteiger partial charge in [0, 0.05) is 25.6 Å². The number of hydrogen-bond acceptors (Lipinski definition) is 8. The van der Waals surface area contributed by atoms with Crippen LogP contribution in [0, 0.1) is 6.92 Å². The van der Waals surface area contributed by atoms with Crippen LogP contribution in [0.5, 0.6) is 0 Å². The van der Waals surface area contributed by atoms with Crippen LogP contribution in [-0.2, 0) is 10.0 Å². The van der Waals surface area contributed by atoms with E-state index in [1.54, 1.807) is 20.8 Å². The number of sulfonamides is 1. The highest BCUT2D eigenvalue weighted by molar-refractivity contribution is 7.89. The average molecular weight is 586 g/mol. The Bertz CT molecular complexity index is 1390. The Morgan fingerprint density at radius 2 is 1.83 bits per heavy atom. The molecule has 0 bridgehead atoms. The number of carbonyl (C=O) groups excluding carboxylic acids is 1. The monoisotopic (exact) mass is 585 g/mol. The van der Waals surface area contributed by atoms with E-state index in [1.165, 1.54) is 15.7 Å². The van der Waals surface area contributed by atoms with Gasteiger partial charge < -0.3 is 9.32 Å². The van der Waals surface area contributed by atoms with Gasteiger partial charge in [0.2, 0.25) is 15.9 Å². The molecule has 0 aliphatic rings. The lowest BCUT2D eigenvalue weighted by atomic mass is 10.1. The first-order valence-corrected chi connectivity index (χ1v) is 13.4. The van der Waals surface area contributed by atoms with E-state index in [-0.39, 0.29) is 37.9 Å². The summed E-state index contributed by atoms with van der Waals surface area (Å²) in [6.07, 6.45) is -4.81. The largest absolute Gasteiger partial charge is 0.419 e. The predicted octanol–water partition coefficient (Wildman–Crippen LogP) is 5.19. The normalized spacial score (nSPS) is 13.1. The van der Waals surface area contributed by atoms with Crippen molar-refractivity contribution in [1.29, 1.82) is 0 Å². The first-order valence-electron chi connectivity index (χ1n) is 10.4. The van der Waals surface area contributed by atoms with Gasteiger partial charge in [-0.3, -0.25) is 4.79 Å². The summed E-state index contributed by atoms with van der Waals surface area (Å²) >= 11 is 13.6. The summed E-state index contributed by atoms with van der Waals surface area (Å²) in [7, 11) is -4.68. The third kappa shape index (κ3) is 5.67. The zero-order chi connectivity index (χ0) is 27.0. The molecule has 0 radical (unpaired) electrons. The van der Waals surface area contributed by atoms with Crippen LogP contribution in [0.4, 0.5) is 13.2 Å². The third-order valence-electron chi connectivity index (χ3n) is 4.99. The van der Waals surface area contributed by atoms with E-state index in [1.807, 2.05) is 0 Å². The molecule has 36 heavy (non-hydrogen) atoms. The number of alkyl halides is 3. The summed E-state index contributed by atoms with van der Waals surface area (Å²) in [6.45, 7) is 6.58. The predicted molar refractivity (Wildman–Crippen MR) is 129 cm³/mol. The van der Waals surface area contributed by atoms with Crippen LogP contribution in [0.25, 0.3) is 21.3 Å². The molecule has 0 fully saturated rings. The van der Waals surface area contributed by atoms with Crippen LogP contribution in [-0.4, -0.2) is 59.7 Å². The Morgan fingerprint density at radius 3 is 2.36 bits per heavy atom. The number of benzene rings is 1. The quantitative estimate of drug-likeness (QED) is 0.386. The van der Waals surface area contributed by atoms with Crippen molar-refractivity contribution in [2.75, 3.05) is 13.1 Å². The van der Waals surface area contributed by atoms with Gasteiger partial charge in [-0.2, -0.15) is 17.9 Å². The number of aromatic nitrogens is 3. The molecule has 0 aliphatic carbocycles. The summed E-state index contributed by atoms with van der Waals surface area (Å²) in [6, 6.07) is -0.106. The molecule has 0 saturated heterocycles. The highest BCUT2D eigenvalue weighted by Crippen LogP contribution is 2.43. The maximum absolute atomic E-state index is 13.2. The Labute approximate surface area is 218 Å². The van der Waals surface area contributed by atoms with Gasteiger partial charge >= 0.3 is 6.18 Å². The lowest BCUT2D eigenvalue weighted by Crippen LogP contribution is -2.43. The van der Waals surface area contributed by atoms with Crippen LogP contribution in [0.3, 0.4) is 0 Å². The van der Waals surface area contributed by atoms with Crippen LogP contribution in [0.1, 0.15) is 37.2 Å². The second-order valence-electron chi connectivity index (χ2n) is 7.42. The number of aryl methyl sites for hydroxylation is 1. The van der Waals surface area contributed by atoms with E-state index in [9.17, 15) is 26.4 Å². The minimum absolute atomic E-state index is 0.00746. The third-order valence-corrected chi connectivity index (χ3v) is 8.65. The Hall–Kier alpha value is -2.26. The lowest BCUT2D eigenvalue weighted by Gasteiger charge is -2.19. The van der Waals surface area contributed by atoms with Crippen LogP contribution in [0.2, 0.25) is 10.0 Å². The molecule has 2 aromatic heterocycles. The van der Waals surface area contributed by atoms with Crippen molar-refractivity contribution in [1.82, 2.24) is 24.8 Å². The number of carbonyl (C=O) groups is 1. The van der Waals surface area contributed by atoms with Gasteiger partial charge in [0.25, 0.3) is 11.8 Å². The Kier molecular flexibility index (Phi) is 8.35. The van der Waals surface area contributed by atoms with Crippen LogP contribution < -0.4 is 4.72 Å². The van der Waals surface area contributed by atoms with Gasteiger partial charge in [0.15, 0.2) is 5.01 Å². The average Bonchev–Trinajstić information content (AvgIpc) is 3.41. The van der Waals surface area contributed by atoms with Gasteiger partial charge in [-0.25, -0.2) is 13.4 Å². The zero-order valence-electron chi connectivity index (χ0n) is 19.3. The Morgan fingerprint density at radius 1 is 1.19 bits per heavy atom. The maximum Gasteiger partial charge on any atom is 0.404 e. The number of nitrogens with zero attached hydrogens (tertiary/aromatic N) is 4. The SMILES string of the molecule is CCN(CC)C(=O)c1nc(-c2nnc(C)o2)sc1-c1ccc(S(=O)(=O)NC(C)C(F)(F)F)c(Cl)c1Cl. The standard InChI is InChI=1S/C20H20Cl2F3N5O4S2/c1-5-30(6-2)19(31)15-16(35-18(26-15)17-28-27-10(4)34-17)11-7-8-12(14(22)13(11)21)36(32,33)29-9(3)20(23,24)25/h7-9,29H,5-6H2,1-4H3. The number of rotatable bonds is 8. The molecule has 3 aromatic rings. The summed E-state index contributed by atoms with van der Waals surface area (Å²) in [4.78, 5) is 18.7. The van der Waals surface area contributed by atoms with E-state index in [2.05, 4.69) is 15.2 Å². The van der Waals surface area contributed by atoms with Gasteiger partial charge in [-0.15, -0.1) is 21.5 Å². The molecule has 0 aliphatic heterocycles. The van der Waals surface area contributed by atoms with Crippen LogP contribution in [0.15, 0.2) is 21.4 Å². The molecular formula is C20H20Cl2F3N5O4S2. The second-order valence-corrected chi connectivity index (χ2v) is 10.9. The summed E-state index contributed by atoms with van der Waals surface area (Å²) in [5.41, 5.74) is 0.145. The fourth-order valence-electron chi connectivity index (χ4n) is 3.06. The molecule has 1 atom stereocenters. The number of thiazole rings is 1. The summed E-state index contributed by atoms with van der Waals surface area (Å²) in [5, 5.41) is 7.08. The number of amides is 1. The topological polar surface area (TPSA) is 118 Å². The molecule has 3 rings (SSSR count). The molecule has 0 spiro atoms. The molecule has 0 saturated carbocycles. The minimum atomic E-state index is -4.81. The van der Waals surface area contributed by atoms with E-state index in [0.717, 1.165) is 17.4 Å². The van der Waals surface area contributed by atoms with Gasteiger partial charge in [0.05, 0.1) is 14.9 Å². The van der Waals surface area contributed by atoms with Crippen molar-refractivity contribution in [3.63, 3.8) is 0 Å². The number of hydrogen-bond donors (Lipinski definition) is 1.